The average Bonchev–Trinajstić information content (AvgIpc) is 3.08. The minimum atomic E-state index is -1.07. The number of hydrogen-bond donors (Lipinski definition) is 2. The molecule has 10 nitrogen and oxygen atoms in total. The van der Waals surface area contributed by atoms with E-state index in [1.807, 2.05) is 10.9 Å². The molecule has 11 heteroatoms. The monoisotopic (exact) mass is 386 g/mol. The smallest absolute Gasteiger partial charge is 0.316 e. The van der Waals surface area contributed by atoms with Crippen LogP contribution in [0.25, 0.3) is 5.69 Å². The van der Waals surface area contributed by atoms with Crippen LogP contribution in [0.3, 0.4) is 0 Å². The molecule has 1 aliphatic heterocycles. The largest absolute Gasteiger partial charge is 0.464 e. The summed E-state index contributed by atoms with van der Waals surface area (Å²) in [4.78, 5) is 17.1. The average molecular weight is 386 g/mol. The van der Waals surface area contributed by atoms with E-state index in [2.05, 4.69) is 25.3 Å². The van der Waals surface area contributed by atoms with E-state index in [1.54, 1.807) is 35.8 Å². The molecule has 3 aromatic heterocycles. The molecule has 2 atom stereocenters. The first-order valence-electron chi connectivity index (χ1n) is 8.70. The maximum atomic E-state index is 11.0. The number of aliphatic hydroxyl groups is 1. The van der Waals surface area contributed by atoms with Crippen molar-refractivity contribution in [3.05, 3.63) is 36.8 Å². The number of aliphatic hydroxyl groups excluding tert-OH is 1. The Hall–Kier alpha value is -2.79. The summed E-state index contributed by atoms with van der Waals surface area (Å²) in [5, 5.41) is 20.4. The molecule has 2 aliphatic rings. The van der Waals surface area contributed by atoms with Crippen LogP contribution in [0.5, 0.6) is 6.01 Å². The number of ether oxygens (including phenoxy) is 1. The van der Waals surface area contributed by atoms with Gasteiger partial charge in [-0.15, -0.1) is 5.10 Å². The van der Waals surface area contributed by atoms with Gasteiger partial charge in [-0.1, -0.05) is 16.3 Å². The number of aromatic nitrogens is 7. The van der Waals surface area contributed by atoms with Crippen LogP contribution in [0.4, 0.5) is 5.82 Å². The summed E-state index contributed by atoms with van der Waals surface area (Å²) in [6.45, 7) is 2.38. The van der Waals surface area contributed by atoms with Gasteiger partial charge in [0.2, 0.25) is 0 Å². The summed E-state index contributed by atoms with van der Waals surface area (Å²) in [6, 6.07) is 0.314. The zero-order valence-electron chi connectivity index (χ0n) is 14.5. The van der Waals surface area contributed by atoms with Crippen LogP contribution < -0.4 is 4.74 Å². The van der Waals surface area contributed by atoms with Gasteiger partial charge in [0, 0.05) is 5.92 Å². The van der Waals surface area contributed by atoms with E-state index in [1.165, 1.54) is 0 Å². The van der Waals surface area contributed by atoms with Crippen LogP contribution >= 0.6 is 11.1 Å². The Morgan fingerprint density at radius 2 is 2.11 bits per heavy atom. The Labute approximate surface area is 157 Å². The molecule has 2 unspecified atom stereocenters. The second kappa shape index (κ2) is 6.43. The first-order valence-corrected chi connectivity index (χ1v) is 10.1. The van der Waals surface area contributed by atoms with Gasteiger partial charge in [0.1, 0.15) is 23.1 Å². The topological polar surface area (TPSA) is 116 Å². The lowest BCUT2D eigenvalue weighted by molar-refractivity contribution is 0.263. The summed E-state index contributed by atoms with van der Waals surface area (Å²) in [6.07, 6.45) is 10.6. The number of rotatable bonds is 6. The first-order chi connectivity index (χ1) is 13.2. The SMILES string of the molecule is CCOc1ncc(-n2cc(C(O)[SH]3C(C4CC4)=Nc4cncn43)nn2)cn1. The second-order valence-corrected chi connectivity index (χ2v) is 8.37. The van der Waals surface area contributed by atoms with Crippen molar-refractivity contribution in [2.24, 2.45) is 10.9 Å². The van der Waals surface area contributed by atoms with E-state index >= 15 is 0 Å². The maximum Gasteiger partial charge on any atom is 0.316 e. The molecule has 1 N–H and O–H groups in total. The van der Waals surface area contributed by atoms with Gasteiger partial charge in [-0.3, -0.25) is 3.97 Å². The Bertz CT molecular complexity index is 994. The Morgan fingerprint density at radius 1 is 1.30 bits per heavy atom. The summed E-state index contributed by atoms with van der Waals surface area (Å²) < 4.78 is 8.76. The third-order valence-corrected chi connectivity index (χ3v) is 6.83. The lowest BCUT2D eigenvalue weighted by Gasteiger charge is -2.24. The van der Waals surface area contributed by atoms with E-state index in [0.29, 0.717) is 29.9 Å². The Morgan fingerprint density at radius 3 is 2.85 bits per heavy atom. The number of nitrogens with zero attached hydrogens (tertiary/aromatic N) is 8. The number of aliphatic imine (C=N–C) groups is 1. The molecule has 0 radical (unpaired) electrons. The lowest BCUT2D eigenvalue weighted by atomic mass is 10.5. The predicted octanol–water partition coefficient (Wildman–Crippen LogP) is 1.56. The van der Waals surface area contributed by atoms with Gasteiger partial charge in [-0.25, -0.2) is 24.6 Å². The predicted molar refractivity (Wildman–Crippen MR) is 99.5 cm³/mol. The van der Waals surface area contributed by atoms with Crippen molar-refractivity contribution in [2.75, 3.05) is 6.61 Å². The highest BCUT2D eigenvalue weighted by atomic mass is 32.2. The van der Waals surface area contributed by atoms with Crippen molar-refractivity contribution < 1.29 is 9.84 Å². The van der Waals surface area contributed by atoms with Crippen molar-refractivity contribution in [1.82, 2.24) is 33.9 Å². The van der Waals surface area contributed by atoms with E-state index < -0.39 is 16.5 Å². The Kier molecular flexibility index (Phi) is 3.90. The van der Waals surface area contributed by atoms with Gasteiger partial charge < -0.3 is 9.84 Å². The van der Waals surface area contributed by atoms with Gasteiger partial charge >= 0.3 is 6.01 Å². The molecular weight excluding hydrogens is 368 g/mol. The summed E-state index contributed by atoms with van der Waals surface area (Å²) in [5.74, 6) is 1.26. The molecule has 3 aromatic rings. The number of fused-ring (bicyclic) bond motifs is 1. The van der Waals surface area contributed by atoms with Crippen molar-refractivity contribution in [1.29, 1.82) is 0 Å². The fraction of sp³-hybridized carbons (Fsp3) is 0.375. The number of thiol groups is 1. The maximum absolute atomic E-state index is 11.0. The second-order valence-electron chi connectivity index (χ2n) is 6.30. The van der Waals surface area contributed by atoms with Gasteiger partial charge in [0.15, 0.2) is 5.82 Å². The van der Waals surface area contributed by atoms with Crippen LogP contribution in [0.2, 0.25) is 0 Å². The van der Waals surface area contributed by atoms with E-state index in [9.17, 15) is 5.11 Å². The quantitative estimate of drug-likeness (QED) is 0.618. The van der Waals surface area contributed by atoms with E-state index in [-0.39, 0.29) is 0 Å². The zero-order chi connectivity index (χ0) is 18.4. The summed E-state index contributed by atoms with van der Waals surface area (Å²) in [7, 11) is 0. The summed E-state index contributed by atoms with van der Waals surface area (Å²) in [5.41, 5.74) is 0.333. The molecule has 140 valence electrons. The van der Waals surface area contributed by atoms with Crippen LogP contribution in [0.1, 0.15) is 30.9 Å². The van der Waals surface area contributed by atoms with Crippen molar-refractivity contribution in [3.8, 4) is 11.7 Å². The molecular formula is C16H18N8O2S. The Balaban J connectivity index is 1.41. The van der Waals surface area contributed by atoms with Crippen LogP contribution in [-0.4, -0.2) is 50.7 Å². The molecule has 5 rings (SSSR count). The molecule has 1 saturated carbocycles. The minimum Gasteiger partial charge on any atom is -0.464 e. The fourth-order valence-electron chi connectivity index (χ4n) is 2.95. The summed E-state index contributed by atoms with van der Waals surface area (Å²) >= 11 is -1.07. The molecule has 27 heavy (non-hydrogen) atoms. The van der Waals surface area contributed by atoms with Gasteiger partial charge in [0.25, 0.3) is 0 Å². The van der Waals surface area contributed by atoms with Crippen LogP contribution in [0.15, 0.2) is 36.1 Å². The zero-order valence-corrected chi connectivity index (χ0v) is 15.4. The highest BCUT2D eigenvalue weighted by Gasteiger charge is 2.40. The molecule has 4 heterocycles. The van der Waals surface area contributed by atoms with Crippen molar-refractivity contribution >= 4 is 21.9 Å². The molecule has 0 amide bonds. The molecule has 1 fully saturated rings. The van der Waals surface area contributed by atoms with Gasteiger partial charge in [0.05, 0.1) is 36.4 Å². The normalized spacial score (nSPS) is 21.0. The molecule has 1 aliphatic carbocycles. The molecule has 0 saturated heterocycles. The van der Waals surface area contributed by atoms with Gasteiger partial charge in [-0.2, -0.15) is 0 Å². The van der Waals surface area contributed by atoms with E-state index in [0.717, 1.165) is 23.7 Å². The highest BCUT2D eigenvalue weighted by molar-refractivity contribution is 8.29. The molecule has 0 bridgehead atoms. The standard InChI is InChI=1S/C16H18N8O2S/c1-2-26-16-18-5-11(6-19-16)23-8-12(21-22-23)15(25)27-14(10-3-4-10)20-13-7-17-9-24(13)27/h5-10,15,25,27H,2-4H2,1H3. The van der Waals surface area contributed by atoms with Crippen molar-refractivity contribution in [3.63, 3.8) is 0 Å². The van der Waals surface area contributed by atoms with Crippen molar-refractivity contribution in [2.45, 2.75) is 25.2 Å². The first kappa shape index (κ1) is 16.4. The minimum absolute atomic E-state index is 0.314. The number of imidazole rings is 1. The number of hydrogen-bond acceptors (Lipinski definition) is 8. The van der Waals surface area contributed by atoms with Crippen LogP contribution in [-0.2, 0) is 0 Å². The molecule has 0 aromatic carbocycles. The van der Waals surface area contributed by atoms with E-state index in [4.69, 9.17) is 9.73 Å². The third-order valence-electron chi connectivity index (χ3n) is 4.40. The van der Waals surface area contributed by atoms with Gasteiger partial charge in [-0.05, 0) is 19.8 Å². The third kappa shape index (κ3) is 2.88. The lowest BCUT2D eigenvalue weighted by Crippen LogP contribution is -2.12. The van der Waals surface area contributed by atoms with Crippen LogP contribution in [0, 0.1) is 5.92 Å². The fourth-order valence-corrected chi connectivity index (χ4v) is 5.35. The molecule has 0 spiro atoms. The highest BCUT2D eigenvalue weighted by Crippen LogP contribution is 2.55.